The molecule has 7 rings (SSSR count). The smallest absolute Gasteiger partial charge is 0.490 e. The summed E-state index contributed by atoms with van der Waals surface area (Å²) in [5.41, 5.74) is 1.61. The maximum atomic E-state index is 10.6. The van der Waals surface area contributed by atoms with Gasteiger partial charge in [-0.25, -0.2) is 4.79 Å². The number of methoxy groups -OCH3 is 2. The molecule has 2 heterocycles. The van der Waals surface area contributed by atoms with E-state index >= 15 is 0 Å². The Bertz CT molecular complexity index is 1110. The van der Waals surface area contributed by atoms with Crippen molar-refractivity contribution in [1.29, 1.82) is 0 Å². The second-order valence-corrected chi connectivity index (χ2v) is 11.3. The molecule has 4 bridgehead atoms. The number of fused-ring (bicyclic) bond motifs is 1. The van der Waals surface area contributed by atoms with Gasteiger partial charge < -0.3 is 19.1 Å². The van der Waals surface area contributed by atoms with Gasteiger partial charge in [-0.1, -0.05) is 6.07 Å². The topological polar surface area (TPSA) is 86.5 Å². The highest BCUT2D eigenvalue weighted by Gasteiger charge is 2.54. The third-order valence-corrected chi connectivity index (χ3v) is 8.76. The van der Waals surface area contributed by atoms with E-state index in [9.17, 15) is 13.2 Å². The molecule has 0 spiro atoms. The Balaban J connectivity index is 0.000000355. The van der Waals surface area contributed by atoms with Crippen LogP contribution >= 0.6 is 0 Å². The molecule has 7 nitrogen and oxygen atoms in total. The van der Waals surface area contributed by atoms with Gasteiger partial charge in [-0.05, 0) is 93.2 Å². The summed E-state index contributed by atoms with van der Waals surface area (Å²) in [5.74, 6) is 4.66. The van der Waals surface area contributed by atoms with Gasteiger partial charge in [0.1, 0.15) is 11.6 Å². The molecule has 5 aliphatic rings. The maximum Gasteiger partial charge on any atom is 0.490 e. The lowest BCUT2D eigenvalue weighted by Crippen LogP contribution is -2.50. The molecule has 10 heteroatoms. The Hall–Kier alpha value is -2.78. The van der Waals surface area contributed by atoms with E-state index in [0.29, 0.717) is 11.3 Å². The van der Waals surface area contributed by atoms with Crippen molar-refractivity contribution in [3.8, 4) is 11.5 Å². The average Bonchev–Trinajstić information content (AvgIpc) is 3.29. The first kappa shape index (κ1) is 25.9. The Morgan fingerprint density at radius 2 is 1.65 bits per heavy atom. The van der Waals surface area contributed by atoms with Crippen molar-refractivity contribution in [2.75, 3.05) is 14.2 Å². The second-order valence-electron chi connectivity index (χ2n) is 11.3. The second kappa shape index (κ2) is 9.83. The number of aliphatic carboxylic acids is 1. The number of halogens is 3. The fraction of sp³-hybridized carbons (Fsp3) is 0.667. The van der Waals surface area contributed by atoms with Crippen LogP contribution < -0.4 is 9.47 Å². The van der Waals surface area contributed by atoms with Crippen LogP contribution in [0.5, 0.6) is 11.5 Å². The molecule has 2 aromatic rings. The van der Waals surface area contributed by atoms with Crippen LogP contribution in [0.2, 0.25) is 0 Å². The van der Waals surface area contributed by atoms with E-state index in [0.717, 1.165) is 42.2 Å². The van der Waals surface area contributed by atoms with E-state index in [2.05, 4.69) is 16.7 Å². The predicted octanol–water partition coefficient (Wildman–Crippen LogP) is 5.52. The van der Waals surface area contributed by atoms with Gasteiger partial charge >= 0.3 is 12.1 Å². The van der Waals surface area contributed by atoms with Gasteiger partial charge in [-0.3, -0.25) is 0 Å². The van der Waals surface area contributed by atoms with Gasteiger partial charge in [0.15, 0.2) is 11.5 Å². The molecular formula is C27H34F3N3O4. The van der Waals surface area contributed by atoms with Gasteiger partial charge in [-0.15, -0.1) is 10.2 Å². The Kier molecular flexibility index (Phi) is 6.87. The zero-order chi connectivity index (χ0) is 26.4. The number of alkyl halides is 3. The van der Waals surface area contributed by atoms with Gasteiger partial charge in [0, 0.05) is 17.9 Å². The summed E-state index contributed by atoms with van der Waals surface area (Å²) in [6, 6.07) is 6.30. The van der Waals surface area contributed by atoms with Gasteiger partial charge in [0.25, 0.3) is 0 Å². The minimum absolute atomic E-state index is 0.325. The maximum absolute atomic E-state index is 10.6. The van der Waals surface area contributed by atoms with Crippen molar-refractivity contribution in [1.82, 2.24) is 14.8 Å². The van der Waals surface area contributed by atoms with E-state index in [4.69, 9.17) is 29.6 Å². The molecule has 4 fully saturated rings. The van der Waals surface area contributed by atoms with E-state index in [1.54, 1.807) is 14.2 Å². The van der Waals surface area contributed by atoms with Crippen LogP contribution in [0.1, 0.15) is 74.5 Å². The number of carbonyl (C=O) groups is 1. The highest BCUT2D eigenvalue weighted by molar-refractivity contribution is 5.73. The Morgan fingerprint density at radius 1 is 1.05 bits per heavy atom. The first-order valence-electron chi connectivity index (χ1n) is 13.1. The number of hydrogen-bond donors (Lipinski definition) is 1. The van der Waals surface area contributed by atoms with Gasteiger partial charge in [0.2, 0.25) is 0 Å². The molecule has 0 radical (unpaired) electrons. The molecule has 0 saturated heterocycles. The molecule has 1 aromatic heterocycles. The van der Waals surface area contributed by atoms with E-state index < -0.39 is 12.1 Å². The number of carboxylic acids is 1. The first-order chi connectivity index (χ1) is 17.6. The van der Waals surface area contributed by atoms with Crippen LogP contribution in [-0.4, -0.2) is 46.2 Å². The fourth-order valence-electron chi connectivity index (χ4n) is 7.72. The predicted molar refractivity (Wildman–Crippen MR) is 129 cm³/mol. The Morgan fingerprint density at radius 3 is 2.19 bits per heavy atom. The minimum Gasteiger partial charge on any atom is -0.493 e. The summed E-state index contributed by atoms with van der Waals surface area (Å²) in [7, 11) is 3.39. The van der Waals surface area contributed by atoms with E-state index in [-0.39, 0.29) is 0 Å². The highest BCUT2D eigenvalue weighted by Crippen LogP contribution is 2.60. The van der Waals surface area contributed by atoms with Crippen molar-refractivity contribution >= 4 is 5.97 Å². The molecule has 1 atom stereocenters. The van der Waals surface area contributed by atoms with Crippen LogP contribution in [0.25, 0.3) is 0 Å². The number of rotatable bonds is 5. The summed E-state index contributed by atoms with van der Waals surface area (Å²) >= 11 is 0. The molecular weight excluding hydrogens is 487 g/mol. The number of hydrogen-bond acceptors (Lipinski definition) is 5. The van der Waals surface area contributed by atoms with Crippen molar-refractivity contribution in [3.05, 3.63) is 35.4 Å². The molecule has 4 saturated carbocycles. The number of carboxylic acid groups (broad SMARTS) is 1. The minimum atomic E-state index is -5.08. The summed E-state index contributed by atoms with van der Waals surface area (Å²) in [6.07, 6.45) is 6.81. The van der Waals surface area contributed by atoms with Crippen LogP contribution in [0.4, 0.5) is 13.2 Å². The van der Waals surface area contributed by atoms with Gasteiger partial charge in [-0.2, -0.15) is 13.2 Å². The summed E-state index contributed by atoms with van der Waals surface area (Å²) in [5, 5.41) is 16.9. The van der Waals surface area contributed by atoms with Crippen LogP contribution in [0.15, 0.2) is 18.2 Å². The van der Waals surface area contributed by atoms with Crippen molar-refractivity contribution in [3.63, 3.8) is 0 Å². The molecule has 1 unspecified atom stereocenters. The molecule has 1 N–H and O–H groups in total. The molecule has 4 aliphatic carbocycles. The first-order valence-corrected chi connectivity index (χ1v) is 13.1. The zero-order valence-electron chi connectivity index (χ0n) is 21.3. The largest absolute Gasteiger partial charge is 0.493 e. The highest BCUT2D eigenvalue weighted by atomic mass is 19.4. The van der Waals surface area contributed by atoms with Crippen molar-refractivity contribution < 1.29 is 32.5 Å². The Labute approximate surface area is 214 Å². The standard InChI is InChI=1S/C25H33N3O2.C2HF3O2/c1-29-21-6-5-16(12-22(21)30-2)11-20-4-3-7-28-23(20)26-27-24(28)25-13-17-8-18(14-25)10-19(9-17)15-25;3-2(4,5)1(6)7/h5-6,12,17-20H,3-4,7-11,13-15H2,1-2H3;(H,6,7). The number of aromatic nitrogens is 3. The molecule has 1 aromatic carbocycles. The molecule has 1 aliphatic heterocycles. The molecule has 202 valence electrons. The average molecular weight is 522 g/mol. The van der Waals surface area contributed by atoms with E-state index in [1.165, 1.54) is 68.6 Å². The fourth-order valence-corrected chi connectivity index (χ4v) is 7.72. The summed E-state index contributed by atoms with van der Waals surface area (Å²) in [6.45, 7) is 1.10. The normalized spacial score (nSPS) is 29.8. The SMILES string of the molecule is COc1ccc(CC2CCCn3c2nnc3C23CC4CC(CC(C4)C2)C3)cc1OC.O=C(O)C(F)(F)F. The number of benzene rings is 1. The van der Waals surface area contributed by atoms with E-state index in [1.807, 2.05) is 6.07 Å². The number of ether oxygens (including phenoxy) is 2. The zero-order valence-corrected chi connectivity index (χ0v) is 21.3. The van der Waals surface area contributed by atoms with Crippen LogP contribution in [0, 0.1) is 17.8 Å². The quantitative estimate of drug-likeness (QED) is 0.558. The van der Waals surface area contributed by atoms with Crippen LogP contribution in [0.3, 0.4) is 0 Å². The van der Waals surface area contributed by atoms with Crippen molar-refractivity contribution in [2.45, 2.75) is 81.8 Å². The molecule has 37 heavy (non-hydrogen) atoms. The number of nitrogens with zero attached hydrogens (tertiary/aromatic N) is 3. The van der Waals surface area contributed by atoms with Crippen LogP contribution in [-0.2, 0) is 23.2 Å². The lowest BCUT2D eigenvalue weighted by molar-refractivity contribution is -0.192. The summed E-state index contributed by atoms with van der Waals surface area (Å²) in [4.78, 5) is 8.90. The third-order valence-electron chi connectivity index (χ3n) is 8.76. The third kappa shape index (κ3) is 5.03. The van der Waals surface area contributed by atoms with Gasteiger partial charge in [0.05, 0.1) is 14.2 Å². The molecule has 0 amide bonds. The lowest BCUT2D eigenvalue weighted by atomic mass is 9.49. The monoisotopic (exact) mass is 521 g/mol. The lowest BCUT2D eigenvalue weighted by Gasteiger charge is -2.56. The van der Waals surface area contributed by atoms with Crippen molar-refractivity contribution in [2.24, 2.45) is 17.8 Å². The summed E-state index contributed by atoms with van der Waals surface area (Å²) < 4.78 is 45.2.